The molecule has 1 atom stereocenters. The molecule has 20 heavy (non-hydrogen) atoms. The molecule has 6 nitrogen and oxygen atoms in total. The first-order valence-corrected chi connectivity index (χ1v) is 7.91. The number of nitrogens with zero attached hydrogens (tertiary/aromatic N) is 1. The second-order valence-corrected chi connectivity index (χ2v) is 6.90. The first kappa shape index (κ1) is 16.6. The van der Waals surface area contributed by atoms with E-state index < -0.39 is 16.0 Å². The Labute approximate surface area is 119 Å². The molecule has 1 aromatic rings. The van der Waals surface area contributed by atoms with Crippen LogP contribution in [0.15, 0.2) is 29.4 Å². The van der Waals surface area contributed by atoms with Gasteiger partial charge in [0.25, 0.3) is 0 Å². The number of carbonyl (C=O) groups is 1. The van der Waals surface area contributed by atoms with Crippen molar-refractivity contribution in [3.8, 4) is 0 Å². The van der Waals surface area contributed by atoms with E-state index in [4.69, 9.17) is 5.11 Å². The highest BCUT2D eigenvalue weighted by atomic mass is 32.2. The molecule has 0 spiro atoms. The molecule has 0 fully saturated rings. The highest BCUT2D eigenvalue weighted by Crippen LogP contribution is 2.16. The summed E-state index contributed by atoms with van der Waals surface area (Å²) in [5.74, 6) is -0.836. The fourth-order valence-electron chi connectivity index (χ4n) is 1.97. The number of sulfonamides is 1. The van der Waals surface area contributed by atoms with Crippen molar-refractivity contribution >= 4 is 16.0 Å². The van der Waals surface area contributed by atoms with Crippen molar-refractivity contribution in [1.82, 2.24) is 9.71 Å². The van der Waals surface area contributed by atoms with Gasteiger partial charge in [-0.3, -0.25) is 9.78 Å². The molecule has 0 aliphatic heterocycles. The van der Waals surface area contributed by atoms with Gasteiger partial charge >= 0.3 is 5.97 Å². The van der Waals surface area contributed by atoms with Crippen LogP contribution in [0.4, 0.5) is 0 Å². The first-order chi connectivity index (χ1) is 9.31. The monoisotopic (exact) mass is 300 g/mol. The van der Waals surface area contributed by atoms with Gasteiger partial charge in [-0.05, 0) is 30.4 Å². The summed E-state index contributed by atoms with van der Waals surface area (Å²) >= 11 is 0. The van der Waals surface area contributed by atoms with Crippen LogP contribution < -0.4 is 4.72 Å². The third-order valence-electron chi connectivity index (χ3n) is 2.77. The molecule has 0 amide bonds. The minimum atomic E-state index is -3.63. The molecular formula is C13H20N2O4S. The average Bonchev–Trinajstić information content (AvgIpc) is 2.36. The zero-order valence-corrected chi connectivity index (χ0v) is 12.4. The van der Waals surface area contributed by atoms with E-state index in [9.17, 15) is 13.2 Å². The standard InChI is InChI=1S/C13H20N2O4S/c1-10(2)6-11(7-13(16)17)8-15-20(18,19)12-4-3-5-14-9-12/h3-5,9-11,15H,6-8H2,1-2H3,(H,16,17). The zero-order chi connectivity index (χ0) is 15.2. The fraction of sp³-hybridized carbons (Fsp3) is 0.538. The quantitative estimate of drug-likeness (QED) is 0.758. The maximum atomic E-state index is 12.0. The lowest BCUT2D eigenvalue weighted by Gasteiger charge is -2.17. The van der Waals surface area contributed by atoms with Crippen molar-refractivity contribution in [1.29, 1.82) is 0 Å². The summed E-state index contributed by atoms with van der Waals surface area (Å²) in [4.78, 5) is 14.6. The van der Waals surface area contributed by atoms with Crippen LogP contribution in [0.3, 0.4) is 0 Å². The number of pyridine rings is 1. The summed E-state index contributed by atoms with van der Waals surface area (Å²) < 4.78 is 26.5. The molecule has 1 rings (SSSR count). The molecule has 1 heterocycles. The number of carboxylic acids is 1. The molecule has 2 N–H and O–H groups in total. The van der Waals surface area contributed by atoms with Crippen LogP contribution in [0.1, 0.15) is 26.7 Å². The van der Waals surface area contributed by atoms with Crippen LogP contribution >= 0.6 is 0 Å². The summed E-state index contributed by atoms with van der Waals surface area (Å²) in [6.07, 6.45) is 3.36. The van der Waals surface area contributed by atoms with Crippen LogP contribution in [0, 0.1) is 11.8 Å². The normalized spacial score (nSPS) is 13.3. The summed E-state index contributed by atoms with van der Waals surface area (Å²) in [5.41, 5.74) is 0. The van der Waals surface area contributed by atoms with E-state index in [-0.39, 0.29) is 23.8 Å². The zero-order valence-electron chi connectivity index (χ0n) is 11.6. The van der Waals surface area contributed by atoms with Crippen molar-refractivity contribution in [3.63, 3.8) is 0 Å². The van der Waals surface area contributed by atoms with Crippen LogP contribution in [0.5, 0.6) is 0 Å². The number of hydrogen-bond donors (Lipinski definition) is 2. The smallest absolute Gasteiger partial charge is 0.303 e. The summed E-state index contributed by atoms with van der Waals surface area (Å²) in [5, 5.41) is 8.86. The van der Waals surface area contributed by atoms with E-state index in [2.05, 4.69) is 9.71 Å². The lowest BCUT2D eigenvalue weighted by molar-refractivity contribution is -0.138. The Bertz CT molecular complexity index is 529. The van der Waals surface area contributed by atoms with Crippen molar-refractivity contribution in [2.24, 2.45) is 11.8 Å². The molecule has 0 aromatic carbocycles. The van der Waals surface area contributed by atoms with Gasteiger partial charge in [-0.25, -0.2) is 13.1 Å². The van der Waals surface area contributed by atoms with E-state index in [0.29, 0.717) is 12.3 Å². The third kappa shape index (κ3) is 5.66. The molecule has 7 heteroatoms. The topological polar surface area (TPSA) is 96.4 Å². The molecule has 0 aliphatic carbocycles. The second-order valence-electron chi connectivity index (χ2n) is 5.13. The van der Waals surface area contributed by atoms with Gasteiger partial charge in [0, 0.05) is 25.4 Å². The van der Waals surface area contributed by atoms with E-state index in [1.807, 2.05) is 13.8 Å². The Morgan fingerprint density at radius 1 is 1.45 bits per heavy atom. The van der Waals surface area contributed by atoms with Crippen LogP contribution in [0.25, 0.3) is 0 Å². The Morgan fingerprint density at radius 2 is 2.15 bits per heavy atom. The predicted octanol–water partition coefficient (Wildman–Crippen LogP) is 1.50. The number of nitrogens with one attached hydrogen (secondary N) is 1. The maximum absolute atomic E-state index is 12.0. The van der Waals surface area contributed by atoms with Gasteiger partial charge in [-0.1, -0.05) is 13.8 Å². The van der Waals surface area contributed by atoms with Gasteiger partial charge in [-0.2, -0.15) is 0 Å². The molecule has 0 saturated heterocycles. The molecule has 0 saturated carbocycles. The Morgan fingerprint density at radius 3 is 2.65 bits per heavy atom. The molecule has 0 radical (unpaired) electrons. The van der Waals surface area contributed by atoms with Crippen molar-refractivity contribution in [2.45, 2.75) is 31.6 Å². The van der Waals surface area contributed by atoms with Crippen molar-refractivity contribution in [2.75, 3.05) is 6.54 Å². The average molecular weight is 300 g/mol. The minimum Gasteiger partial charge on any atom is -0.481 e. The second kappa shape index (κ2) is 7.35. The van der Waals surface area contributed by atoms with Gasteiger partial charge in [-0.15, -0.1) is 0 Å². The Balaban J connectivity index is 2.69. The lowest BCUT2D eigenvalue weighted by atomic mass is 9.94. The Hall–Kier alpha value is -1.47. The molecule has 112 valence electrons. The number of aromatic nitrogens is 1. The molecular weight excluding hydrogens is 280 g/mol. The molecule has 1 unspecified atom stereocenters. The number of hydrogen-bond acceptors (Lipinski definition) is 4. The Kier molecular flexibility index (Phi) is 6.09. The van der Waals surface area contributed by atoms with Crippen LogP contribution in [-0.4, -0.2) is 31.0 Å². The number of aliphatic carboxylic acids is 1. The van der Waals surface area contributed by atoms with E-state index in [1.165, 1.54) is 24.5 Å². The van der Waals surface area contributed by atoms with Gasteiger partial charge < -0.3 is 5.11 Å². The molecule has 0 bridgehead atoms. The van der Waals surface area contributed by atoms with Crippen molar-refractivity contribution in [3.05, 3.63) is 24.5 Å². The summed E-state index contributed by atoms with van der Waals surface area (Å²) in [7, 11) is -3.63. The number of rotatable bonds is 8. The van der Waals surface area contributed by atoms with E-state index in [0.717, 1.165) is 0 Å². The highest BCUT2D eigenvalue weighted by Gasteiger charge is 2.19. The largest absolute Gasteiger partial charge is 0.481 e. The summed E-state index contributed by atoms with van der Waals surface area (Å²) in [6, 6.07) is 2.99. The van der Waals surface area contributed by atoms with Gasteiger partial charge in [0.15, 0.2) is 0 Å². The van der Waals surface area contributed by atoms with E-state index >= 15 is 0 Å². The molecule has 0 aliphatic rings. The predicted molar refractivity (Wildman–Crippen MR) is 74.6 cm³/mol. The third-order valence-corrected chi connectivity index (χ3v) is 4.18. The number of carboxylic acid groups (broad SMARTS) is 1. The maximum Gasteiger partial charge on any atom is 0.303 e. The van der Waals surface area contributed by atoms with E-state index in [1.54, 1.807) is 0 Å². The first-order valence-electron chi connectivity index (χ1n) is 6.42. The van der Waals surface area contributed by atoms with Crippen molar-refractivity contribution < 1.29 is 18.3 Å². The fourth-order valence-corrected chi connectivity index (χ4v) is 3.05. The lowest BCUT2D eigenvalue weighted by Crippen LogP contribution is -2.31. The molecule has 1 aromatic heterocycles. The summed E-state index contributed by atoms with van der Waals surface area (Å²) in [6.45, 7) is 4.07. The SMILES string of the molecule is CC(C)CC(CNS(=O)(=O)c1cccnc1)CC(=O)O. The van der Waals surface area contributed by atoms with Crippen LogP contribution in [-0.2, 0) is 14.8 Å². The van der Waals surface area contributed by atoms with Gasteiger partial charge in [0.05, 0.1) is 0 Å². The van der Waals surface area contributed by atoms with Gasteiger partial charge in [0.1, 0.15) is 4.90 Å². The van der Waals surface area contributed by atoms with Gasteiger partial charge in [0.2, 0.25) is 10.0 Å². The minimum absolute atomic E-state index is 0.0479. The van der Waals surface area contributed by atoms with Crippen LogP contribution in [0.2, 0.25) is 0 Å². The highest BCUT2D eigenvalue weighted by molar-refractivity contribution is 7.89.